The minimum atomic E-state index is -0.462. The lowest BCUT2D eigenvalue weighted by atomic mass is 9.86. The highest BCUT2D eigenvalue weighted by molar-refractivity contribution is 6.11. The Hall–Kier alpha value is -6.53. The number of pyridine rings is 1. The van der Waals surface area contributed by atoms with Crippen LogP contribution < -0.4 is 14.5 Å². The molecular formula is C50H44N4O2. The van der Waals surface area contributed by atoms with Gasteiger partial charge in [-0.2, -0.15) is 0 Å². The Kier molecular flexibility index (Phi) is 6.05. The molecule has 0 atom stereocenters. The molecule has 0 spiro atoms. The van der Waals surface area contributed by atoms with Crippen molar-refractivity contribution >= 4 is 66.5 Å². The van der Waals surface area contributed by atoms with E-state index in [1.807, 2.05) is 53.6 Å². The molecule has 0 aliphatic carbocycles. The Morgan fingerprint density at radius 3 is 2.16 bits per heavy atom. The van der Waals surface area contributed by atoms with Crippen LogP contribution in [0.4, 0.5) is 22.7 Å². The lowest BCUT2D eigenvalue weighted by molar-refractivity contribution is 0.479. The van der Waals surface area contributed by atoms with Gasteiger partial charge in [0.2, 0.25) is 0 Å². The van der Waals surface area contributed by atoms with E-state index in [2.05, 4.69) is 106 Å². The van der Waals surface area contributed by atoms with Gasteiger partial charge in [-0.15, -0.1) is 0 Å². The maximum atomic E-state index is 9.21. The monoisotopic (exact) mass is 739 g/mol. The first-order valence-electron chi connectivity index (χ1n) is 22.3. The smallest absolute Gasteiger partial charge is 0.159 e. The first-order valence-corrected chi connectivity index (χ1v) is 18.8. The maximum absolute atomic E-state index is 9.21. The highest BCUT2D eigenvalue weighted by Gasteiger charge is 2.31. The topological polar surface area (TPSA) is 46.7 Å². The first kappa shape index (κ1) is 27.1. The van der Waals surface area contributed by atoms with Crippen LogP contribution in [0.1, 0.15) is 62.3 Å². The maximum Gasteiger partial charge on any atom is 0.159 e. The van der Waals surface area contributed by atoms with Crippen LogP contribution in [-0.4, -0.2) is 16.2 Å². The molecule has 6 heteroatoms. The number of anilines is 4. The van der Waals surface area contributed by atoms with Crippen molar-refractivity contribution in [1.82, 2.24) is 9.55 Å². The molecule has 10 rings (SSSR count). The van der Waals surface area contributed by atoms with E-state index in [1.54, 1.807) is 0 Å². The number of fused-ring (bicyclic) bond motifs is 7. The highest BCUT2D eigenvalue weighted by atomic mass is 16.5. The van der Waals surface area contributed by atoms with Crippen LogP contribution >= 0.6 is 0 Å². The molecule has 0 saturated carbocycles. The van der Waals surface area contributed by atoms with E-state index >= 15 is 0 Å². The first-order chi connectivity index (χ1) is 29.9. The van der Waals surface area contributed by atoms with Gasteiger partial charge in [0, 0.05) is 45.6 Å². The van der Waals surface area contributed by atoms with Gasteiger partial charge in [-0.05, 0) is 88.6 Å². The summed E-state index contributed by atoms with van der Waals surface area (Å²) in [7, 11) is 0. The Morgan fingerprint density at radius 1 is 0.607 bits per heavy atom. The summed E-state index contributed by atoms with van der Waals surface area (Å²) in [4.78, 5) is 8.81. The quantitative estimate of drug-likeness (QED) is 0.176. The molecule has 3 aromatic heterocycles. The standard InChI is InChI=1S/C50H44N4O2/c1-49(2,3)32-24-25-51-47(28-32)54-41-17-9-7-14-37(41)38-23-22-35(30-45(38)54)55-36-27-33(50(4,5)6)26-34(29-36)52-31-53(43-19-11-10-18-42(43)52)44-20-13-16-40-39-15-8-12-21-46(39)56-48(40)44/h7-30H,31H2,1-6H3/i8D,12D,13D,15D,16D,20D,21D. The molecule has 6 aromatic carbocycles. The number of hydrogen-bond donors (Lipinski definition) is 0. The fourth-order valence-electron chi connectivity index (χ4n) is 7.77. The second-order valence-corrected chi connectivity index (χ2v) is 16.5. The van der Waals surface area contributed by atoms with Crippen molar-refractivity contribution < 1.29 is 18.7 Å². The Balaban J connectivity index is 1.10. The van der Waals surface area contributed by atoms with Crippen molar-refractivity contribution in [2.24, 2.45) is 0 Å². The van der Waals surface area contributed by atoms with Crippen LogP contribution in [-0.2, 0) is 10.8 Å². The molecule has 1 aliphatic rings. The number of ether oxygens (including phenoxy) is 1. The molecule has 0 radical (unpaired) electrons. The van der Waals surface area contributed by atoms with Crippen LogP contribution in [0, 0.1) is 0 Å². The van der Waals surface area contributed by atoms with Crippen LogP contribution in [0.25, 0.3) is 49.6 Å². The van der Waals surface area contributed by atoms with Crippen molar-refractivity contribution in [1.29, 1.82) is 0 Å². The molecule has 0 amide bonds. The molecular weight excluding hydrogens is 689 g/mol. The van der Waals surface area contributed by atoms with E-state index in [0.717, 1.165) is 50.2 Å². The second kappa shape index (κ2) is 12.5. The van der Waals surface area contributed by atoms with E-state index in [-0.39, 0.29) is 75.3 Å². The Morgan fingerprint density at radius 2 is 1.34 bits per heavy atom. The average Bonchev–Trinajstić information content (AvgIpc) is 3.94. The van der Waals surface area contributed by atoms with Crippen molar-refractivity contribution in [3.8, 4) is 17.3 Å². The molecule has 1 aliphatic heterocycles. The van der Waals surface area contributed by atoms with E-state index in [0.29, 0.717) is 11.5 Å². The number of benzene rings is 6. The number of aromatic nitrogens is 2. The largest absolute Gasteiger partial charge is 0.457 e. The van der Waals surface area contributed by atoms with Crippen molar-refractivity contribution in [3.05, 3.63) is 157 Å². The molecule has 0 N–H and O–H groups in total. The highest BCUT2D eigenvalue weighted by Crippen LogP contribution is 2.48. The van der Waals surface area contributed by atoms with Gasteiger partial charge in [-0.1, -0.05) is 102 Å². The van der Waals surface area contributed by atoms with Crippen LogP contribution in [0.5, 0.6) is 11.5 Å². The predicted octanol–water partition coefficient (Wildman–Crippen LogP) is 13.7. The lowest BCUT2D eigenvalue weighted by Crippen LogP contribution is -2.24. The summed E-state index contributed by atoms with van der Waals surface area (Å²) in [5.74, 6) is 2.10. The third-order valence-corrected chi connectivity index (χ3v) is 10.7. The number of para-hydroxylation sites is 5. The number of rotatable bonds is 5. The Bertz CT molecular complexity index is 3380. The Labute approximate surface area is 337 Å². The zero-order chi connectivity index (χ0) is 44.4. The molecule has 56 heavy (non-hydrogen) atoms. The van der Waals surface area contributed by atoms with E-state index in [9.17, 15) is 1.37 Å². The summed E-state index contributed by atoms with van der Waals surface area (Å²) in [6.07, 6.45) is 1.87. The van der Waals surface area contributed by atoms with Gasteiger partial charge in [-0.3, -0.25) is 4.57 Å². The summed E-state index contributed by atoms with van der Waals surface area (Å²) >= 11 is 0. The average molecular weight is 740 g/mol. The van der Waals surface area contributed by atoms with Crippen LogP contribution in [0.3, 0.4) is 0 Å². The molecule has 6 nitrogen and oxygen atoms in total. The van der Waals surface area contributed by atoms with Gasteiger partial charge in [0.25, 0.3) is 0 Å². The van der Waals surface area contributed by atoms with E-state index < -0.39 is 12.1 Å². The second-order valence-electron chi connectivity index (χ2n) is 16.5. The van der Waals surface area contributed by atoms with Crippen molar-refractivity contribution in [2.45, 2.75) is 52.4 Å². The molecule has 0 unspecified atom stereocenters. The predicted molar refractivity (Wildman–Crippen MR) is 232 cm³/mol. The SMILES string of the molecule is [2H]c1c([2H])c([2H])c2c(oc3c(N4CN(c5cc(Oc6ccc7c8ccccc8n(-c8cc(C(C)(C)C)ccn8)c7c6)cc(C(C)(C)C)c5)c5ccccc54)c([2H])c([2H])c([2H])c32)c1[2H]. The number of furan rings is 1. The molecule has 276 valence electrons. The van der Waals surface area contributed by atoms with Crippen molar-refractivity contribution in [3.63, 3.8) is 0 Å². The summed E-state index contributed by atoms with van der Waals surface area (Å²) in [6.45, 7) is 13.2. The van der Waals surface area contributed by atoms with E-state index in [4.69, 9.17) is 22.4 Å². The molecule has 0 saturated heterocycles. The minimum Gasteiger partial charge on any atom is -0.457 e. The summed E-state index contributed by atoms with van der Waals surface area (Å²) in [5, 5.41) is 2.29. The third kappa shape index (κ3) is 5.59. The molecule has 0 bridgehead atoms. The molecule has 4 heterocycles. The van der Waals surface area contributed by atoms with Crippen molar-refractivity contribution in [2.75, 3.05) is 16.5 Å². The minimum absolute atomic E-state index is 0.0213. The molecule has 0 fully saturated rings. The zero-order valence-electron chi connectivity index (χ0n) is 39.1. The van der Waals surface area contributed by atoms with Gasteiger partial charge in [0.05, 0.1) is 37.7 Å². The normalized spacial score (nSPS) is 15.1. The zero-order valence-corrected chi connectivity index (χ0v) is 32.1. The van der Waals surface area contributed by atoms with Gasteiger partial charge in [0.15, 0.2) is 5.58 Å². The van der Waals surface area contributed by atoms with E-state index in [1.165, 1.54) is 5.56 Å². The summed E-state index contributed by atoms with van der Waals surface area (Å²) in [5.41, 5.74) is 6.38. The summed E-state index contributed by atoms with van der Waals surface area (Å²) < 4.78 is 76.3. The van der Waals surface area contributed by atoms with Gasteiger partial charge >= 0.3 is 0 Å². The van der Waals surface area contributed by atoms with Gasteiger partial charge in [-0.25, -0.2) is 4.98 Å². The van der Waals surface area contributed by atoms with Gasteiger partial charge in [0.1, 0.15) is 29.6 Å². The van der Waals surface area contributed by atoms with Gasteiger partial charge < -0.3 is 19.0 Å². The van der Waals surface area contributed by atoms with Crippen LogP contribution in [0.15, 0.2) is 150 Å². The third-order valence-electron chi connectivity index (χ3n) is 10.7. The van der Waals surface area contributed by atoms with Crippen LogP contribution in [0.2, 0.25) is 0 Å². The number of nitrogens with zero attached hydrogens (tertiary/aromatic N) is 4. The fraction of sp³-hybridized carbons (Fsp3) is 0.180. The lowest BCUT2D eigenvalue weighted by Gasteiger charge is -2.26. The fourth-order valence-corrected chi connectivity index (χ4v) is 7.77. The summed E-state index contributed by atoms with van der Waals surface area (Å²) in [6, 6.07) is 30.0. The number of hydrogen-bond acceptors (Lipinski definition) is 5. The molecule has 9 aromatic rings.